The topological polar surface area (TPSA) is 37.8 Å². The van der Waals surface area contributed by atoms with Crippen molar-refractivity contribution in [3.63, 3.8) is 0 Å². The second-order valence-corrected chi connectivity index (χ2v) is 3.89. The third kappa shape index (κ3) is 2.71. The Kier molecular flexibility index (Phi) is 3.54. The van der Waals surface area contributed by atoms with Crippen molar-refractivity contribution in [2.24, 2.45) is 0 Å². The van der Waals surface area contributed by atoms with Crippen LogP contribution < -0.4 is 5.32 Å². The van der Waals surface area contributed by atoms with Crippen LogP contribution in [-0.4, -0.2) is 16.7 Å². The summed E-state index contributed by atoms with van der Waals surface area (Å²) in [5.74, 6) is 0.304. The third-order valence-corrected chi connectivity index (χ3v) is 2.46. The predicted molar refractivity (Wildman–Crippen MR) is 66.6 cm³/mol. The first kappa shape index (κ1) is 11.8. The second kappa shape index (κ2) is 5.10. The molecule has 1 N–H and O–H groups in total. The number of halogens is 2. The first-order valence-electron chi connectivity index (χ1n) is 5.23. The molecule has 5 heteroatoms. The van der Waals surface area contributed by atoms with E-state index in [1.54, 1.807) is 12.1 Å². The molecule has 17 heavy (non-hydrogen) atoms. The molecule has 0 aliphatic heterocycles. The first-order chi connectivity index (χ1) is 8.20. The van der Waals surface area contributed by atoms with Crippen molar-refractivity contribution in [3.8, 4) is 11.3 Å². The van der Waals surface area contributed by atoms with Gasteiger partial charge in [-0.05, 0) is 37.3 Å². The molecule has 3 nitrogen and oxygen atoms in total. The molecule has 88 valence electrons. The molecule has 0 unspecified atom stereocenters. The molecular formula is C12H11ClFN3. The number of rotatable bonds is 3. The van der Waals surface area contributed by atoms with E-state index in [9.17, 15) is 4.39 Å². The highest BCUT2D eigenvalue weighted by Gasteiger charge is 2.07. The van der Waals surface area contributed by atoms with Gasteiger partial charge in [0.25, 0.3) is 0 Å². The maximum atomic E-state index is 13.6. The quantitative estimate of drug-likeness (QED) is 0.909. The highest BCUT2D eigenvalue weighted by atomic mass is 35.5. The molecule has 2 aromatic rings. The van der Waals surface area contributed by atoms with Crippen LogP contribution in [0.1, 0.15) is 6.92 Å². The van der Waals surface area contributed by atoms with E-state index in [0.717, 1.165) is 6.54 Å². The van der Waals surface area contributed by atoms with Crippen LogP contribution in [0.15, 0.2) is 30.3 Å². The largest absolute Gasteiger partial charge is 0.369 e. The molecular weight excluding hydrogens is 241 g/mol. The lowest BCUT2D eigenvalue weighted by Gasteiger charge is -2.04. The van der Waals surface area contributed by atoms with Crippen molar-refractivity contribution in [2.75, 3.05) is 11.9 Å². The number of hydrogen-bond donors (Lipinski definition) is 1. The summed E-state index contributed by atoms with van der Waals surface area (Å²) < 4.78 is 13.6. The van der Waals surface area contributed by atoms with E-state index in [-0.39, 0.29) is 5.82 Å². The Hall–Kier alpha value is -1.68. The van der Waals surface area contributed by atoms with Crippen molar-refractivity contribution >= 4 is 17.4 Å². The van der Waals surface area contributed by atoms with E-state index in [4.69, 9.17) is 11.6 Å². The first-order valence-corrected chi connectivity index (χ1v) is 5.61. The number of nitrogens with zero attached hydrogens (tertiary/aromatic N) is 2. The van der Waals surface area contributed by atoms with Crippen LogP contribution in [-0.2, 0) is 0 Å². The smallest absolute Gasteiger partial charge is 0.148 e. The van der Waals surface area contributed by atoms with E-state index in [1.807, 2.05) is 6.92 Å². The highest BCUT2D eigenvalue weighted by Crippen LogP contribution is 2.24. The van der Waals surface area contributed by atoms with Crippen LogP contribution >= 0.6 is 11.6 Å². The Bertz CT molecular complexity index is 514. The van der Waals surface area contributed by atoms with Gasteiger partial charge in [-0.25, -0.2) is 4.39 Å². The van der Waals surface area contributed by atoms with Gasteiger partial charge in [0.15, 0.2) is 0 Å². The fourth-order valence-corrected chi connectivity index (χ4v) is 1.62. The fraction of sp³-hybridized carbons (Fsp3) is 0.167. The number of benzene rings is 1. The molecule has 0 fully saturated rings. The molecule has 0 bridgehead atoms. The molecule has 0 atom stereocenters. The average molecular weight is 252 g/mol. The summed E-state index contributed by atoms with van der Waals surface area (Å²) in [5.41, 5.74) is 0.819. The van der Waals surface area contributed by atoms with Gasteiger partial charge in [0, 0.05) is 17.1 Å². The van der Waals surface area contributed by atoms with Crippen molar-refractivity contribution < 1.29 is 4.39 Å². The summed E-state index contributed by atoms with van der Waals surface area (Å²) >= 11 is 5.82. The molecule has 1 heterocycles. The Morgan fingerprint density at radius 3 is 2.71 bits per heavy atom. The molecule has 0 spiro atoms. The molecule has 1 aromatic heterocycles. The van der Waals surface area contributed by atoms with Gasteiger partial charge in [-0.2, -0.15) is 0 Å². The summed E-state index contributed by atoms with van der Waals surface area (Å²) in [5, 5.41) is 11.4. The summed E-state index contributed by atoms with van der Waals surface area (Å²) in [6.45, 7) is 2.73. The van der Waals surface area contributed by atoms with E-state index >= 15 is 0 Å². The molecule has 2 rings (SSSR count). The van der Waals surface area contributed by atoms with Gasteiger partial charge in [-0.1, -0.05) is 11.6 Å². The zero-order valence-electron chi connectivity index (χ0n) is 9.24. The normalized spacial score (nSPS) is 10.3. The maximum absolute atomic E-state index is 13.6. The molecule has 1 aromatic carbocycles. The Labute approximate surface area is 104 Å². The van der Waals surface area contributed by atoms with Gasteiger partial charge >= 0.3 is 0 Å². The van der Waals surface area contributed by atoms with E-state index in [0.29, 0.717) is 22.1 Å². The minimum atomic E-state index is -0.361. The summed E-state index contributed by atoms with van der Waals surface area (Å²) in [6, 6.07) is 7.82. The zero-order valence-corrected chi connectivity index (χ0v) is 10.0. The summed E-state index contributed by atoms with van der Waals surface area (Å²) in [4.78, 5) is 0. The second-order valence-electron chi connectivity index (χ2n) is 3.46. The standard InChI is InChI=1S/C12H11ClFN3/c1-2-15-12-6-5-11(16-17-12)9-7-8(13)3-4-10(9)14/h3-7H,2H2,1H3,(H,15,17). The highest BCUT2D eigenvalue weighted by molar-refractivity contribution is 6.30. The molecule has 0 aliphatic rings. The Morgan fingerprint density at radius 1 is 1.24 bits per heavy atom. The van der Waals surface area contributed by atoms with Crippen LogP contribution in [0.3, 0.4) is 0 Å². The summed E-state index contributed by atoms with van der Waals surface area (Å²) in [7, 11) is 0. The average Bonchev–Trinajstić information content (AvgIpc) is 2.34. The zero-order chi connectivity index (χ0) is 12.3. The van der Waals surface area contributed by atoms with Crippen LogP contribution in [0.2, 0.25) is 5.02 Å². The van der Waals surface area contributed by atoms with E-state index in [1.165, 1.54) is 18.2 Å². The lowest BCUT2D eigenvalue weighted by atomic mass is 10.1. The van der Waals surface area contributed by atoms with Gasteiger partial charge in [0.2, 0.25) is 0 Å². The monoisotopic (exact) mass is 251 g/mol. The molecule has 0 aliphatic carbocycles. The van der Waals surface area contributed by atoms with Gasteiger partial charge in [-0.3, -0.25) is 0 Å². The van der Waals surface area contributed by atoms with E-state index < -0.39 is 0 Å². The van der Waals surface area contributed by atoms with Gasteiger partial charge in [0.1, 0.15) is 11.6 Å². The Morgan fingerprint density at radius 2 is 2.06 bits per heavy atom. The minimum Gasteiger partial charge on any atom is -0.369 e. The number of hydrogen-bond acceptors (Lipinski definition) is 3. The lowest BCUT2D eigenvalue weighted by Crippen LogP contribution is -2.00. The Balaban J connectivity index is 2.36. The van der Waals surface area contributed by atoms with Crippen molar-refractivity contribution in [1.82, 2.24) is 10.2 Å². The molecule has 0 saturated heterocycles. The van der Waals surface area contributed by atoms with Crippen LogP contribution in [0.25, 0.3) is 11.3 Å². The van der Waals surface area contributed by atoms with E-state index in [2.05, 4.69) is 15.5 Å². The van der Waals surface area contributed by atoms with Crippen molar-refractivity contribution in [3.05, 3.63) is 41.2 Å². The SMILES string of the molecule is CCNc1ccc(-c2cc(Cl)ccc2F)nn1. The fourth-order valence-electron chi connectivity index (χ4n) is 1.45. The number of aromatic nitrogens is 2. The van der Waals surface area contributed by atoms with Crippen LogP contribution in [0, 0.1) is 5.82 Å². The van der Waals surface area contributed by atoms with Crippen molar-refractivity contribution in [2.45, 2.75) is 6.92 Å². The van der Waals surface area contributed by atoms with Crippen molar-refractivity contribution in [1.29, 1.82) is 0 Å². The number of nitrogens with one attached hydrogen (secondary N) is 1. The van der Waals surface area contributed by atoms with Gasteiger partial charge < -0.3 is 5.32 Å². The van der Waals surface area contributed by atoms with Gasteiger partial charge in [-0.15, -0.1) is 10.2 Å². The molecule has 0 saturated carbocycles. The van der Waals surface area contributed by atoms with Gasteiger partial charge in [0.05, 0.1) is 5.69 Å². The minimum absolute atomic E-state index is 0.355. The third-order valence-electron chi connectivity index (χ3n) is 2.23. The lowest BCUT2D eigenvalue weighted by molar-refractivity contribution is 0.630. The number of anilines is 1. The predicted octanol–water partition coefficient (Wildman–Crippen LogP) is 3.37. The maximum Gasteiger partial charge on any atom is 0.148 e. The molecule has 0 amide bonds. The van der Waals surface area contributed by atoms with Crippen LogP contribution in [0.5, 0.6) is 0 Å². The summed E-state index contributed by atoms with van der Waals surface area (Å²) in [6.07, 6.45) is 0. The molecule has 0 radical (unpaired) electrons. The van der Waals surface area contributed by atoms with Crippen LogP contribution in [0.4, 0.5) is 10.2 Å².